The average Bonchev–Trinajstić information content (AvgIpc) is 3.10. The Bertz CT molecular complexity index is 909. The molecular formula is C15H14N8S. The molecule has 0 amide bonds. The van der Waals surface area contributed by atoms with Crippen molar-refractivity contribution in [3.63, 3.8) is 0 Å². The fourth-order valence-electron chi connectivity index (χ4n) is 2.19. The molecule has 1 aliphatic rings. The van der Waals surface area contributed by atoms with Crippen LogP contribution in [0.3, 0.4) is 0 Å². The van der Waals surface area contributed by atoms with Crippen LogP contribution < -0.4 is 10.6 Å². The van der Waals surface area contributed by atoms with Gasteiger partial charge in [0.15, 0.2) is 11.0 Å². The molecule has 3 aromatic rings. The number of nitrogens with zero attached hydrogens (tertiary/aromatic N) is 6. The zero-order chi connectivity index (χ0) is 16.4. The van der Waals surface area contributed by atoms with Crippen LogP contribution in [0.2, 0.25) is 0 Å². The van der Waals surface area contributed by atoms with Gasteiger partial charge in [0, 0.05) is 6.54 Å². The highest BCUT2D eigenvalue weighted by Gasteiger charge is 2.11. The summed E-state index contributed by atoms with van der Waals surface area (Å²) >= 11 is 1.50. The Kier molecular flexibility index (Phi) is 3.91. The predicted molar refractivity (Wildman–Crippen MR) is 93.5 cm³/mol. The molecule has 24 heavy (non-hydrogen) atoms. The van der Waals surface area contributed by atoms with Crippen molar-refractivity contribution in [3.05, 3.63) is 36.5 Å². The van der Waals surface area contributed by atoms with Crippen LogP contribution in [0.1, 0.15) is 5.69 Å². The SMILES string of the molecule is Cc1cnc(Nc2ncnc3ccc(SC4=NCCN4)nc23)cn1. The van der Waals surface area contributed by atoms with Crippen molar-refractivity contribution in [1.82, 2.24) is 30.2 Å². The highest BCUT2D eigenvalue weighted by Crippen LogP contribution is 2.24. The van der Waals surface area contributed by atoms with E-state index in [2.05, 4.69) is 40.5 Å². The number of hydrogen-bond donors (Lipinski definition) is 2. The number of aryl methyl sites for hydroxylation is 1. The van der Waals surface area contributed by atoms with Crippen LogP contribution in [0.25, 0.3) is 11.0 Å². The maximum Gasteiger partial charge on any atom is 0.163 e. The lowest BCUT2D eigenvalue weighted by molar-refractivity contribution is 0.963. The van der Waals surface area contributed by atoms with Crippen LogP contribution in [0, 0.1) is 6.92 Å². The van der Waals surface area contributed by atoms with Crippen LogP contribution in [-0.2, 0) is 0 Å². The Morgan fingerprint density at radius 3 is 2.88 bits per heavy atom. The molecule has 0 fully saturated rings. The minimum atomic E-state index is 0.599. The number of hydrogen-bond acceptors (Lipinski definition) is 9. The van der Waals surface area contributed by atoms with E-state index in [4.69, 9.17) is 0 Å². The summed E-state index contributed by atoms with van der Waals surface area (Å²) in [5.41, 5.74) is 2.30. The Hall–Kier alpha value is -2.81. The van der Waals surface area contributed by atoms with Gasteiger partial charge in [0.05, 0.1) is 30.1 Å². The van der Waals surface area contributed by atoms with Gasteiger partial charge in [-0.1, -0.05) is 0 Å². The van der Waals surface area contributed by atoms with Gasteiger partial charge in [-0.2, -0.15) is 0 Å². The molecule has 4 rings (SSSR count). The van der Waals surface area contributed by atoms with Gasteiger partial charge in [0.1, 0.15) is 22.7 Å². The van der Waals surface area contributed by atoms with Crippen molar-refractivity contribution < 1.29 is 0 Å². The lowest BCUT2D eigenvalue weighted by atomic mass is 10.3. The summed E-state index contributed by atoms with van der Waals surface area (Å²) in [7, 11) is 0. The zero-order valence-electron chi connectivity index (χ0n) is 12.9. The number of fused-ring (bicyclic) bond motifs is 1. The Morgan fingerprint density at radius 2 is 2.08 bits per heavy atom. The van der Waals surface area contributed by atoms with Gasteiger partial charge >= 0.3 is 0 Å². The summed E-state index contributed by atoms with van der Waals surface area (Å²) in [6.45, 7) is 3.57. The fraction of sp³-hybridized carbons (Fsp3) is 0.200. The van der Waals surface area contributed by atoms with Gasteiger partial charge < -0.3 is 10.6 Å². The molecule has 0 unspecified atom stereocenters. The van der Waals surface area contributed by atoms with Crippen LogP contribution in [0.5, 0.6) is 0 Å². The van der Waals surface area contributed by atoms with E-state index in [1.54, 1.807) is 12.4 Å². The minimum Gasteiger partial charge on any atom is -0.363 e. The van der Waals surface area contributed by atoms with Gasteiger partial charge in [-0.25, -0.2) is 19.9 Å². The van der Waals surface area contributed by atoms with Crippen molar-refractivity contribution in [2.75, 3.05) is 18.4 Å². The smallest absolute Gasteiger partial charge is 0.163 e. The third kappa shape index (κ3) is 3.11. The maximum absolute atomic E-state index is 4.66. The van der Waals surface area contributed by atoms with Crippen molar-refractivity contribution in [2.24, 2.45) is 4.99 Å². The van der Waals surface area contributed by atoms with Crippen molar-refractivity contribution >= 4 is 39.6 Å². The maximum atomic E-state index is 4.66. The average molecular weight is 338 g/mol. The summed E-state index contributed by atoms with van der Waals surface area (Å²) in [4.78, 5) is 26.1. The van der Waals surface area contributed by atoms with Gasteiger partial charge in [-0.05, 0) is 30.8 Å². The number of aromatic nitrogens is 5. The molecule has 0 spiro atoms. The summed E-state index contributed by atoms with van der Waals surface area (Å²) in [6, 6.07) is 3.85. The van der Waals surface area contributed by atoms with Gasteiger partial charge in [0.2, 0.25) is 0 Å². The number of aliphatic imine (C=N–C) groups is 1. The van der Waals surface area contributed by atoms with E-state index in [-0.39, 0.29) is 0 Å². The molecule has 3 aromatic heterocycles. The number of nitrogens with one attached hydrogen (secondary N) is 2. The number of anilines is 2. The summed E-state index contributed by atoms with van der Waals surface area (Å²) in [6.07, 6.45) is 4.87. The molecule has 1 aliphatic heterocycles. The van der Waals surface area contributed by atoms with Crippen LogP contribution >= 0.6 is 11.8 Å². The fourth-order valence-corrected chi connectivity index (χ4v) is 2.99. The van der Waals surface area contributed by atoms with Gasteiger partial charge in [-0.3, -0.25) is 9.98 Å². The Balaban J connectivity index is 1.67. The lowest BCUT2D eigenvalue weighted by Crippen LogP contribution is -2.14. The van der Waals surface area contributed by atoms with Gasteiger partial charge in [-0.15, -0.1) is 0 Å². The molecule has 8 nitrogen and oxygen atoms in total. The number of thioether (sulfide) groups is 1. The van der Waals surface area contributed by atoms with E-state index in [9.17, 15) is 0 Å². The predicted octanol–water partition coefficient (Wildman–Crippen LogP) is 1.92. The molecule has 4 heterocycles. The van der Waals surface area contributed by atoms with E-state index in [0.717, 1.165) is 34.5 Å². The van der Waals surface area contributed by atoms with E-state index in [1.165, 1.54) is 18.1 Å². The van der Waals surface area contributed by atoms with E-state index in [1.807, 2.05) is 19.1 Å². The Labute approximate surface area is 142 Å². The summed E-state index contributed by atoms with van der Waals surface area (Å²) < 4.78 is 0. The molecule has 0 aromatic carbocycles. The van der Waals surface area contributed by atoms with E-state index < -0.39 is 0 Å². The summed E-state index contributed by atoms with van der Waals surface area (Å²) in [5.74, 6) is 1.21. The third-order valence-electron chi connectivity index (χ3n) is 3.33. The minimum absolute atomic E-state index is 0.599. The lowest BCUT2D eigenvalue weighted by Gasteiger charge is -2.08. The second-order valence-corrected chi connectivity index (χ2v) is 6.13. The first-order valence-corrected chi connectivity index (χ1v) is 8.23. The molecule has 0 bridgehead atoms. The quantitative estimate of drug-likeness (QED) is 0.747. The van der Waals surface area contributed by atoms with Crippen molar-refractivity contribution in [2.45, 2.75) is 11.9 Å². The largest absolute Gasteiger partial charge is 0.363 e. The van der Waals surface area contributed by atoms with Crippen LogP contribution in [0.4, 0.5) is 11.6 Å². The third-order valence-corrected chi connectivity index (χ3v) is 4.23. The second kappa shape index (κ2) is 6.36. The number of rotatable bonds is 3. The topological polar surface area (TPSA) is 101 Å². The number of amidine groups is 1. The molecule has 9 heteroatoms. The second-order valence-electron chi connectivity index (χ2n) is 5.12. The normalized spacial score (nSPS) is 13.6. The molecular weight excluding hydrogens is 324 g/mol. The standard InChI is InChI=1S/C15H14N8S/c1-9-6-19-11(7-18-9)22-14-13-10(20-8-21-14)2-3-12(23-13)24-15-16-4-5-17-15/h2-3,6-8H,4-5H2,1H3,(H,16,17)(H,19,20,21,22). The molecule has 0 saturated carbocycles. The molecule has 0 radical (unpaired) electrons. The van der Waals surface area contributed by atoms with Crippen LogP contribution in [-0.4, -0.2) is 43.2 Å². The molecule has 120 valence electrons. The Morgan fingerprint density at radius 1 is 1.12 bits per heavy atom. The highest BCUT2D eigenvalue weighted by molar-refractivity contribution is 8.13. The highest BCUT2D eigenvalue weighted by atomic mass is 32.2. The van der Waals surface area contributed by atoms with E-state index >= 15 is 0 Å². The first-order valence-electron chi connectivity index (χ1n) is 7.41. The number of pyridine rings is 1. The first-order chi connectivity index (χ1) is 11.8. The van der Waals surface area contributed by atoms with Crippen molar-refractivity contribution in [3.8, 4) is 0 Å². The molecule has 0 saturated heterocycles. The first kappa shape index (κ1) is 14.8. The molecule has 0 aliphatic carbocycles. The van der Waals surface area contributed by atoms with E-state index in [0.29, 0.717) is 17.2 Å². The molecule has 2 N–H and O–H groups in total. The van der Waals surface area contributed by atoms with Crippen LogP contribution in [0.15, 0.2) is 40.9 Å². The molecule has 0 atom stereocenters. The summed E-state index contributed by atoms with van der Waals surface area (Å²) in [5, 5.41) is 8.10. The zero-order valence-corrected chi connectivity index (χ0v) is 13.7. The monoisotopic (exact) mass is 338 g/mol. The van der Waals surface area contributed by atoms with Crippen molar-refractivity contribution in [1.29, 1.82) is 0 Å². The van der Waals surface area contributed by atoms with Gasteiger partial charge in [0.25, 0.3) is 0 Å².